The largest absolute Gasteiger partial charge is 0.463 e. The van der Waals surface area contributed by atoms with E-state index in [1.54, 1.807) is 0 Å². The van der Waals surface area contributed by atoms with Crippen molar-refractivity contribution >= 4 is 43.5 Å². The molecule has 0 aromatic rings. The highest BCUT2D eigenvalue weighted by Crippen LogP contribution is 2.69. The average Bonchev–Trinajstić information content (AvgIpc) is 3.25. The zero-order valence-corrected chi connectivity index (χ0v) is 28.5. The fraction of sp³-hybridized carbons (Fsp3) is 0.875. The van der Waals surface area contributed by atoms with Gasteiger partial charge in [-0.25, -0.2) is 8.42 Å². The van der Waals surface area contributed by atoms with E-state index in [0.29, 0.717) is 12.8 Å². The number of ether oxygens (including phenoxy) is 3. The smallest absolute Gasteiger partial charge is 0.302 e. The van der Waals surface area contributed by atoms with Gasteiger partial charge in [-0.05, 0) is 86.4 Å². The first-order valence-electron chi connectivity index (χ1n) is 16.2. The predicted molar refractivity (Wildman–Crippen MR) is 164 cm³/mol. The minimum atomic E-state index is -3.68. The zero-order chi connectivity index (χ0) is 32.6. The van der Waals surface area contributed by atoms with Crippen molar-refractivity contribution in [2.75, 3.05) is 12.3 Å². The van der Waals surface area contributed by atoms with Gasteiger partial charge >= 0.3 is 17.9 Å². The van der Waals surface area contributed by atoms with Crippen LogP contribution in [-0.4, -0.2) is 62.8 Å². The zero-order valence-electron chi connectivity index (χ0n) is 26.9. The number of nitrogens with one attached hydrogen (secondary N) is 1. The summed E-state index contributed by atoms with van der Waals surface area (Å²) < 4.78 is 40.3. The maximum atomic E-state index is 12.5. The molecule has 0 unspecified atom stereocenters. The van der Waals surface area contributed by atoms with E-state index in [1.165, 1.54) is 20.8 Å². The normalized spacial score (nSPS) is 38.7. The highest BCUT2D eigenvalue weighted by Gasteiger charge is 2.67. The van der Waals surface area contributed by atoms with Crippen LogP contribution >= 0.6 is 10.7 Å². The Morgan fingerprint density at radius 3 is 2.18 bits per heavy atom. The quantitative estimate of drug-likeness (QED) is 0.199. The molecule has 4 aliphatic rings. The molecule has 0 heterocycles. The van der Waals surface area contributed by atoms with Gasteiger partial charge in [-0.15, -0.1) is 0 Å². The van der Waals surface area contributed by atoms with Crippen LogP contribution in [0, 0.1) is 46.3 Å². The monoisotopic (exact) mass is 659 g/mol. The molecule has 0 radical (unpaired) electrons. The van der Waals surface area contributed by atoms with E-state index in [0.717, 1.165) is 38.5 Å². The number of rotatable bonds is 10. The number of hydrogen-bond acceptors (Lipinski definition) is 9. The predicted octanol–water partition coefficient (Wildman–Crippen LogP) is 4.76. The summed E-state index contributed by atoms with van der Waals surface area (Å²) in [5.41, 5.74) is -0.442. The third-order valence-corrected chi connectivity index (χ3v) is 13.1. The van der Waals surface area contributed by atoms with E-state index in [-0.39, 0.29) is 107 Å². The van der Waals surface area contributed by atoms with E-state index in [4.69, 9.17) is 24.9 Å². The van der Waals surface area contributed by atoms with E-state index < -0.39 is 9.05 Å². The molecular formula is C32H50ClNO9S. The Hall–Kier alpha value is -1.88. The summed E-state index contributed by atoms with van der Waals surface area (Å²) in [7, 11) is 1.58. The van der Waals surface area contributed by atoms with Gasteiger partial charge in [-0.3, -0.25) is 19.2 Å². The number of halogens is 1. The minimum absolute atomic E-state index is 0.0290. The van der Waals surface area contributed by atoms with Crippen LogP contribution < -0.4 is 5.32 Å². The lowest BCUT2D eigenvalue weighted by Gasteiger charge is -2.64. The molecule has 0 spiro atoms. The Morgan fingerprint density at radius 2 is 1.57 bits per heavy atom. The number of carbonyl (C=O) groups excluding carboxylic acids is 4. The van der Waals surface area contributed by atoms with Gasteiger partial charge in [0.1, 0.15) is 18.3 Å². The van der Waals surface area contributed by atoms with Gasteiger partial charge in [0, 0.05) is 55.8 Å². The summed E-state index contributed by atoms with van der Waals surface area (Å²) >= 11 is 0. The van der Waals surface area contributed by atoms with Crippen molar-refractivity contribution in [2.45, 2.75) is 118 Å². The molecule has 1 amide bonds. The maximum Gasteiger partial charge on any atom is 0.302 e. The molecule has 10 nitrogen and oxygen atoms in total. The Balaban J connectivity index is 1.59. The van der Waals surface area contributed by atoms with E-state index in [2.05, 4.69) is 26.1 Å². The average molecular weight is 660 g/mol. The number of fused-ring (bicyclic) bond motifs is 5. The molecular weight excluding hydrogens is 610 g/mol. The maximum absolute atomic E-state index is 12.5. The molecule has 0 aliphatic heterocycles. The van der Waals surface area contributed by atoms with Crippen molar-refractivity contribution in [3.05, 3.63) is 0 Å². The van der Waals surface area contributed by atoms with Gasteiger partial charge in [0.05, 0.1) is 5.75 Å². The van der Waals surface area contributed by atoms with Crippen molar-refractivity contribution in [3.63, 3.8) is 0 Å². The van der Waals surface area contributed by atoms with Gasteiger partial charge in [0.2, 0.25) is 15.0 Å². The van der Waals surface area contributed by atoms with E-state index >= 15 is 0 Å². The molecule has 0 aromatic carbocycles. The van der Waals surface area contributed by atoms with Crippen LogP contribution in [0.25, 0.3) is 0 Å². The van der Waals surface area contributed by atoms with Crippen molar-refractivity contribution in [2.24, 2.45) is 46.3 Å². The summed E-state index contributed by atoms with van der Waals surface area (Å²) in [6.45, 7) is 11.0. The highest BCUT2D eigenvalue weighted by atomic mass is 35.7. The Labute approximate surface area is 266 Å². The molecule has 4 saturated carbocycles. The lowest BCUT2D eigenvalue weighted by Crippen LogP contribution is -2.63. The van der Waals surface area contributed by atoms with Crippen LogP contribution in [0.3, 0.4) is 0 Å². The molecule has 44 heavy (non-hydrogen) atoms. The second-order valence-electron chi connectivity index (χ2n) is 14.4. The Bertz CT molecular complexity index is 1230. The summed E-state index contributed by atoms with van der Waals surface area (Å²) in [4.78, 5) is 49.2. The highest BCUT2D eigenvalue weighted by molar-refractivity contribution is 8.13. The number of amides is 1. The van der Waals surface area contributed by atoms with E-state index in [9.17, 15) is 27.6 Å². The topological polar surface area (TPSA) is 142 Å². The minimum Gasteiger partial charge on any atom is -0.463 e. The van der Waals surface area contributed by atoms with Crippen LogP contribution in [0.1, 0.15) is 99.3 Å². The van der Waals surface area contributed by atoms with Gasteiger partial charge in [-0.2, -0.15) is 0 Å². The Morgan fingerprint density at radius 1 is 0.909 bits per heavy atom. The lowest BCUT2D eigenvalue weighted by atomic mass is 9.43. The lowest BCUT2D eigenvalue weighted by molar-refractivity contribution is -0.224. The van der Waals surface area contributed by atoms with Gasteiger partial charge in [0.25, 0.3) is 0 Å². The molecule has 4 fully saturated rings. The summed E-state index contributed by atoms with van der Waals surface area (Å²) in [5, 5.41) is 2.64. The molecule has 4 rings (SSSR count). The standard InChI is InChI=1S/C32H50ClNO9S/c1-18(7-10-29(38)34-13-14-44(33,39)40)24-8-9-25-30-26(17-28(32(24,25)6)43-21(4)37)31(5)12-11-23(41-19(2)35)15-22(31)16-27(30)42-20(3)36/h18,22-28,30H,7-17H2,1-6H3,(H,34,38)/t18-,22+,23-,24-,25+,26+,27-,28+,30+,31+,32-/m1/s1. The molecule has 11 atom stereocenters. The van der Waals surface area contributed by atoms with Crippen LogP contribution in [0.4, 0.5) is 0 Å². The van der Waals surface area contributed by atoms with Crippen molar-refractivity contribution in [1.29, 1.82) is 0 Å². The number of hydrogen-bond donors (Lipinski definition) is 1. The van der Waals surface area contributed by atoms with E-state index in [1.807, 2.05) is 0 Å². The molecule has 1 N–H and O–H groups in total. The first-order chi connectivity index (χ1) is 20.5. The number of carbonyl (C=O) groups is 4. The molecule has 4 aliphatic carbocycles. The van der Waals surface area contributed by atoms with Crippen LogP contribution in [0.15, 0.2) is 0 Å². The van der Waals surface area contributed by atoms with Gasteiger partial charge < -0.3 is 19.5 Å². The van der Waals surface area contributed by atoms with Crippen LogP contribution in [-0.2, 0) is 42.4 Å². The summed E-state index contributed by atoms with van der Waals surface area (Å²) in [5.74, 6) is -0.467. The van der Waals surface area contributed by atoms with Gasteiger partial charge in [0.15, 0.2) is 0 Å². The van der Waals surface area contributed by atoms with Gasteiger partial charge in [-0.1, -0.05) is 20.8 Å². The Kier molecular flexibility index (Phi) is 10.7. The summed E-state index contributed by atoms with van der Waals surface area (Å²) in [6.07, 6.45) is 5.76. The van der Waals surface area contributed by atoms with Crippen molar-refractivity contribution < 1.29 is 41.8 Å². The fourth-order valence-corrected chi connectivity index (χ4v) is 10.7. The SMILES string of the molecule is CC(=O)O[C@@H]1CC[C@@]2(C)[C@@H](C1)C[C@@H](OC(C)=O)[C@@H]1[C@@H]2C[C@H](OC(C)=O)[C@]2(C)[C@@H]([C@H](C)CCC(=O)NCCS(=O)(=O)Cl)CC[C@@H]12. The first kappa shape index (κ1) is 35.0. The molecule has 250 valence electrons. The second kappa shape index (κ2) is 13.5. The molecule has 0 aromatic heterocycles. The second-order valence-corrected chi connectivity index (χ2v) is 17.3. The summed E-state index contributed by atoms with van der Waals surface area (Å²) in [6, 6.07) is 0. The number of esters is 3. The third kappa shape index (κ3) is 7.39. The first-order valence-corrected chi connectivity index (χ1v) is 18.6. The molecule has 0 saturated heterocycles. The van der Waals surface area contributed by atoms with Crippen molar-refractivity contribution in [1.82, 2.24) is 5.32 Å². The molecule has 0 bridgehead atoms. The van der Waals surface area contributed by atoms with Crippen LogP contribution in [0.2, 0.25) is 0 Å². The van der Waals surface area contributed by atoms with Crippen LogP contribution in [0.5, 0.6) is 0 Å². The molecule has 12 heteroatoms. The van der Waals surface area contributed by atoms with Crippen molar-refractivity contribution in [3.8, 4) is 0 Å². The fourth-order valence-electron chi connectivity index (χ4n) is 10.1. The third-order valence-electron chi connectivity index (χ3n) is 11.9.